The fraction of sp³-hybridized carbons (Fsp3) is 0.286. The van der Waals surface area contributed by atoms with Crippen LogP contribution < -0.4 is 0 Å². The van der Waals surface area contributed by atoms with Gasteiger partial charge in [0.25, 0.3) is 0 Å². The molecule has 2 aromatic rings. The molecule has 92 valence electrons. The van der Waals surface area contributed by atoms with Crippen molar-refractivity contribution in [3.05, 3.63) is 53.6 Å². The predicted octanol–water partition coefficient (Wildman–Crippen LogP) is 2.91. The molecule has 0 radical (unpaired) electrons. The van der Waals surface area contributed by atoms with E-state index in [4.69, 9.17) is 5.26 Å². The summed E-state index contributed by atoms with van der Waals surface area (Å²) in [6.07, 6.45) is 6.06. The monoisotopic (exact) mass is 259 g/mol. The SMILES string of the molecule is Cl.N#Cc1ccc(C2CCn3cncc3C2)cc1. The number of hydrogen-bond donors (Lipinski definition) is 0. The zero-order valence-electron chi connectivity index (χ0n) is 9.91. The highest BCUT2D eigenvalue weighted by Crippen LogP contribution is 2.29. The summed E-state index contributed by atoms with van der Waals surface area (Å²) in [4.78, 5) is 4.18. The van der Waals surface area contributed by atoms with Gasteiger partial charge in [0.1, 0.15) is 0 Å². The van der Waals surface area contributed by atoms with Crippen LogP contribution in [0.4, 0.5) is 0 Å². The highest BCUT2D eigenvalue weighted by Gasteiger charge is 2.19. The van der Waals surface area contributed by atoms with E-state index in [1.54, 1.807) is 0 Å². The summed E-state index contributed by atoms with van der Waals surface area (Å²) in [7, 11) is 0. The Hall–Kier alpha value is -1.79. The quantitative estimate of drug-likeness (QED) is 0.790. The second-order valence-corrected chi connectivity index (χ2v) is 4.50. The van der Waals surface area contributed by atoms with E-state index >= 15 is 0 Å². The standard InChI is InChI=1S/C14H13N3.ClH/c15-8-11-1-3-12(4-2-11)13-5-6-17-10-16-9-14(17)7-13;/h1-4,9-10,13H,5-7H2;1H. The van der Waals surface area contributed by atoms with E-state index in [9.17, 15) is 0 Å². The van der Waals surface area contributed by atoms with Crippen molar-refractivity contribution in [1.82, 2.24) is 9.55 Å². The second-order valence-electron chi connectivity index (χ2n) is 4.50. The van der Waals surface area contributed by atoms with Crippen LogP contribution in [0.2, 0.25) is 0 Å². The van der Waals surface area contributed by atoms with Gasteiger partial charge < -0.3 is 4.57 Å². The first-order valence-corrected chi connectivity index (χ1v) is 5.86. The lowest BCUT2D eigenvalue weighted by Gasteiger charge is -2.24. The van der Waals surface area contributed by atoms with Gasteiger partial charge in [0.2, 0.25) is 0 Å². The first kappa shape index (κ1) is 12.7. The van der Waals surface area contributed by atoms with Crippen molar-refractivity contribution in [3.8, 4) is 6.07 Å². The van der Waals surface area contributed by atoms with Crippen molar-refractivity contribution in [2.45, 2.75) is 25.3 Å². The number of nitrogens with zero attached hydrogens (tertiary/aromatic N) is 3. The minimum atomic E-state index is 0. The van der Waals surface area contributed by atoms with Crippen LogP contribution in [0.1, 0.15) is 29.2 Å². The van der Waals surface area contributed by atoms with Gasteiger partial charge in [-0.1, -0.05) is 12.1 Å². The number of benzene rings is 1. The van der Waals surface area contributed by atoms with Gasteiger partial charge in [0.05, 0.1) is 18.0 Å². The smallest absolute Gasteiger partial charge is 0.0991 e. The van der Waals surface area contributed by atoms with Crippen LogP contribution in [0.15, 0.2) is 36.8 Å². The topological polar surface area (TPSA) is 41.6 Å². The Kier molecular flexibility index (Phi) is 3.69. The summed E-state index contributed by atoms with van der Waals surface area (Å²) in [6.45, 7) is 1.04. The maximum atomic E-state index is 8.78. The molecule has 0 amide bonds. The molecule has 1 aliphatic heterocycles. The number of hydrogen-bond acceptors (Lipinski definition) is 2. The Morgan fingerprint density at radius 3 is 2.78 bits per heavy atom. The van der Waals surface area contributed by atoms with Gasteiger partial charge in [-0.3, -0.25) is 0 Å². The number of aromatic nitrogens is 2. The predicted molar refractivity (Wildman–Crippen MR) is 71.7 cm³/mol. The largest absolute Gasteiger partial charge is 0.335 e. The van der Waals surface area contributed by atoms with Gasteiger partial charge >= 0.3 is 0 Å². The number of imidazole rings is 1. The van der Waals surface area contributed by atoms with E-state index in [0.717, 1.165) is 24.9 Å². The number of rotatable bonds is 1. The molecule has 0 N–H and O–H groups in total. The first-order valence-electron chi connectivity index (χ1n) is 5.86. The van der Waals surface area contributed by atoms with Crippen LogP contribution in [0.5, 0.6) is 0 Å². The van der Waals surface area contributed by atoms with Gasteiger partial charge in [-0.25, -0.2) is 4.98 Å². The summed E-state index contributed by atoms with van der Waals surface area (Å²) in [5.41, 5.74) is 3.37. The van der Waals surface area contributed by atoms with Crippen LogP contribution >= 0.6 is 12.4 Å². The summed E-state index contributed by atoms with van der Waals surface area (Å²) in [6, 6.07) is 10.1. The van der Waals surface area contributed by atoms with Crippen molar-refractivity contribution in [2.24, 2.45) is 0 Å². The zero-order chi connectivity index (χ0) is 11.7. The lowest BCUT2D eigenvalue weighted by Crippen LogP contribution is -2.16. The zero-order valence-corrected chi connectivity index (χ0v) is 10.7. The number of halogens is 1. The Morgan fingerprint density at radius 1 is 1.28 bits per heavy atom. The van der Waals surface area contributed by atoms with Crippen molar-refractivity contribution in [2.75, 3.05) is 0 Å². The van der Waals surface area contributed by atoms with Gasteiger partial charge in [-0.05, 0) is 36.5 Å². The Labute approximate surface area is 112 Å². The van der Waals surface area contributed by atoms with E-state index in [2.05, 4.69) is 27.8 Å². The lowest BCUT2D eigenvalue weighted by molar-refractivity contribution is 0.474. The van der Waals surface area contributed by atoms with Crippen LogP contribution in [-0.4, -0.2) is 9.55 Å². The van der Waals surface area contributed by atoms with E-state index in [1.807, 2.05) is 24.7 Å². The maximum absolute atomic E-state index is 8.78. The molecule has 1 aliphatic rings. The molecule has 1 atom stereocenters. The molecule has 3 nitrogen and oxygen atoms in total. The molecule has 4 heteroatoms. The number of aryl methyl sites for hydroxylation is 1. The van der Waals surface area contributed by atoms with E-state index < -0.39 is 0 Å². The molecule has 0 spiro atoms. The van der Waals surface area contributed by atoms with Crippen molar-refractivity contribution < 1.29 is 0 Å². The van der Waals surface area contributed by atoms with Crippen molar-refractivity contribution in [1.29, 1.82) is 5.26 Å². The third kappa shape index (κ3) is 2.25. The third-order valence-corrected chi connectivity index (χ3v) is 3.48. The van der Waals surface area contributed by atoms with Crippen molar-refractivity contribution in [3.63, 3.8) is 0 Å². The molecule has 3 rings (SSSR count). The highest BCUT2D eigenvalue weighted by atomic mass is 35.5. The third-order valence-electron chi connectivity index (χ3n) is 3.48. The molecule has 0 saturated heterocycles. The molecule has 1 unspecified atom stereocenters. The fourth-order valence-corrected chi connectivity index (χ4v) is 2.48. The molecule has 1 aromatic carbocycles. The van der Waals surface area contributed by atoms with Crippen LogP contribution in [-0.2, 0) is 13.0 Å². The summed E-state index contributed by atoms with van der Waals surface area (Å²) < 4.78 is 2.22. The Bertz CT molecular complexity index is 565. The van der Waals surface area contributed by atoms with Crippen LogP contribution in [0.25, 0.3) is 0 Å². The number of fused-ring (bicyclic) bond motifs is 1. The van der Waals surface area contributed by atoms with Crippen LogP contribution in [0, 0.1) is 11.3 Å². The molecule has 0 aliphatic carbocycles. The molecule has 0 fully saturated rings. The lowest BCUT2D eigenvalue weighted by atomic mass is 9.89. The number of nitriles is 1. The normalized spacial score (nSPS) is 17.4. The maximum Gasteiger partial charge on any atom is 0.0991 e. The molecule has 2 heterocycles. The Morgan fingerprint density at radius 2 is 2.06 bits per heavy atom. The molecular weight excluding hydrogens is 246 g/mol. The second kappa shape index (κ2) is 5.24. The summed E-state index contributed by atoms with van der Waals surface area (Å²) in [5.74, 6) is 0.562. The van der Waals surface area contributed by atoms with Crippen LogP contribution in [0.3, 0.4) is 0 Å². The fourth-order valence-electron chi connectivity index (χ4n) is 2.48. The van der Waals surface area contributed by atoms with Crippen molar-refractivity contribution >= 4 is 12.4 Å². The first-order chi connectivity index (χ1) is 8.36. The molecule has 0 bridgehead atoms. The van der Waals surface area contributed by atoms with Gasteiger partial charge in [-0.2, -0.15) is 5.26 Å². The van der Waals surface area contributed by atoms with E-state index in [-0.39, 0.29) is 12.4 Å². The molecule has 0 saturated carbocycles. The van der Waals surface area contributed by atoms with Gasteiger partial charge in [0, 0.05) is 18.4 Å². The average Bonchev–Trinajstić information content (AvgIpc) is 2.86. The molecule has 1 aromatic heterocycles. The van der Waals surface area contributed by atoms with Gasteiger partial charge in [0.15, 0.2) is 0 Å². The van der Waals surface area contributed by atoms with Gasteiger partial charge in [-0.15, -0.1) is 12.4 Å². The van der Waals surface area contributed by atoms with E-state index in [0.29, 0.717) is 5.92 Å². The highest BCUT2D eigenvalue weighted by molar-refractivity contribution is 5.85. The summed E-state index contributed by atoms with van der Waals surface area (Å²) >= 11 is 0. The Balaban J connectivity index is 0.00000120. The molecular formula is C14H14ClN3. The molecule has 18 heavy (non-hydrogen) atoms. The van der Waals surface area contributed by atoms with E-state index in [1.165, 1.54) is 11.3 Å². The average molecular weight is 260 g/mol. The minimum Gasteiger partial charge on any atom is -0.335 e. The summed E-state index contributed by atoms with van der Waals surface area (Å²) in [5, 5.41) is 8.78. The minimum absolute atomic E-state index is 0.